The van der Waals surface area contributed by atoms with Gasteiger partial charge >= 0.3 is 0 Å². The van der Waals surface area contributed by atoms with Gasteiger partial charge in [-0.05, 0) is 36.5 Å². The molecule has 0 aliphatic carbocycles. The number of carbonyl (C=O) groups is 4. The van der Waals surface area contributed by atoms with Gasteiger partial charge in [0.2, 0.25) is 17.7 Å². The molecule has 1 aliphatic heterocycles. The lowest BCUT2D eigenvalue weighted by atomic mass is 9.92. The Morgan fingerprint density at radius 2 is 1.73 bits per heavy atom. The predicted octanol–water partition coefficient (Wildman–Crippen LogP) is 2.03. The summed E-state index contributed by atoms with van der Waals surface area (Å²) >= 11 is 0. The van der Waals surface area contributed by atoms with Gasteiger partial charge < -0.3 is 20.7 Å². The standard InChI is InChI=1S/C26H29N3O4/c30-18-22(17-21-12-7-15-27-25(21)32)28-26(33)23(16-20-10-5-2-6-11-20)29-24(31)14-13-19-8-3-1-4-9-19/h1-6,8-11,13-14,18,21-23H,7,12,15-17H2,(H,27,32)(H,28,33)(H,29,31)/b14-13+/t21-,22+,23+/m0/s1. The summed E-state index contributed by atoms with van der Waals surface area (Å²) in [7, 11) is 0. The molecular weight excluding hydrogens is 418 g/mol. The van der Waals surface area contributed by atoms with Crippen molar-refractivity contribution in [3.8, 4) is 0 Å². The first-order valence-electron chi connectivity index (χ1n) is 11.2. The lowest BCUT2D eigenvalue weighted by Crippen LogP contribution is -2.51. The summed E-state index contributed by atoms with van der Waals surface area (Å²) in [4.78, 5) is 49.3. The van der Waals surface area contributed by atoms with Crippen LogP contribution >= 0.6 is 0 Å². The van der Waals surface area contributed by atoms with E-state index in [1.54, 1.807) is 6.08 Å². The first-order chi connectivity index (χ1) is 16.0. The summed E-state index contributed by atoms with van der Waals surface area (Å²) in [6.45, 7) is 0.634. The van der Waals surface area contributed by atoms with Crippen LogP contribution < -0.4 is 16.0 Å². The maximum absolute atomic E-state index is 13.0. The molecule has 0 saturated carbocycles. The van der Waals surface area contributed by atoms with Gasteiger partial charge in [0.05, 0.1) is 6.04 Å². The van der Waals surface area contributed by atoms with Crippen LogP contribution in [0.3, 0.4) is 0 Å². The van der Waals surface area contributed by atoms with Crippen molar-refractivity contribution < 1.29 is 19.2 Å². The van der Waals surface area contributed by atoms with Gasteiger partial charge in [0.1, 0.15) is 12.3 Å². The third-order valence-corrected chi connectivity index (χ3v) is 5.57. The minimum atomic E-state index is -0.872. The number of piperidine rings is 1. The number of benzene rings is 2. The summed E-state index contributed by atoms with van der Waals surface area (Å²) in [5.74, 6) is -1.29. The normalized spacial score (nSPS) is 17.6. The largest absolute Gasteiger partial charge is 0.356 e. The van der Waals surface area contributed by atoms with E-state index in [2.05, 4.69) is 16.0 Å². The topological polar surface area (TPSA) is 104 Å². The Morgan fingerprint density at radius 3 is 2.39 bits per heavy atom. The minimum absolute atomic E-state index is 0.0949. The first kappa shape index (κ1) is 23.9. The quantitative estimate of drug-likeness (QED) is 0.383. The SMILES string of the molecule is O=C[C@@H](C[C@@H]1CCCNC1=O)NC(=O)[C@@H](Cc1ccccc1)NC(=O)/C=C/c1ccccc1. The molecule has 3 rings (SSSR count). The van der Waals surface area contributed by atoms with Crippen LogP contribution in [-0.2, 0) is 25.6 Å². The average Bonchev–Trinajstić information content (AvgIpc) is 2.84. The van der Waals surface area contributed by atoms with Crippen LogP contribution in [-0.4, -0.2) is 42.6 Å². The van der Waals surface area contributed by atoms with Crippen molar-refractivity contribution in [2.45, 2.75) is 37.8 Å². The number of hydrogen-bond acceptors (Lipinski definition) is 4. The molecule has 2 aromatic rings. The van der Waals surface area contributed by atoms with E-state index >= 15 is 0 Å². The Balaban J connectivity index is 1.67. The summed E-state index contributed by atoms with van der Waals surface area (Å²) in [6, 6.07) is 17.0. The summed E-state index contributed by atoms with van der Waals surface area (Å²) < 4.78 is 0. The predicted molar refractivity (Wildman–Crippen MR) is 126 cm³/mol. The van der Waals surface area contributed by atoms with Crippen molar-refractivity contribution in [1.29, 1.82) is 0 Å². The lowest BCUT2D eigenvalue weighted by molar-refractivity contribution is -0.130. The van der Waals surface area contributed by atoms with Crippen molar-refractivity contribution in [2.75, 3.05) is 6.54 Å². The first-order valence-corrected chi connectivity index (χ1v) is 11.2. The maximum atomic E-state index is 13.0. The highest BCUT2D eigenvalue weighted by Crippen LogP contribution is 2.17. The minimum Gasteiger partial charge on any atom is -0.356 e. The van der Waals surface area contributed by atoms with E-state index in [1.165, 1.54) is 6.08 Å². The number of rotatable bonds is 10. The van der Waals surface area contributed by atoms with E-state index < -0.39 is 23.9 Å². The third kappa shape index (κ3) is 7.71. The molecule has 3 amide bonds. The van der Waals surface area contributed by atoms with Gasteiger partial charge in [0.25, 0.3) is 0 Å². The zero-order valence-electron chi connectivity index (χ0n) is 18.4. The second-order valence-electron chi connectivity index (χ2n) is 8.11. The van der Waals surface area contributed by atoms with Gasteiger partial charge in [-0.25, -0.2) is 0 Å². The fourth-order valence-electron chi connectivity index (χ4n) is 3.81. The lowest BCUT2D eigenvalue weighted by Gasteiger charge is -2.25. The van der Waals surface area contributed by atoms with Crippen molar-refractivity contribution >= 4 is 30.1 Å². The molecule has 3 N–H and O–H groups in total. The highest BCUT2D eigenvalue weighted by molar-refractivity contribution is 5.96. The van der Waals surface area contributed by atoms with Crippen LogP contribution in [0.15, 0.2) is 66.7 Å². The second kappa shape index (κ2) is 12.3. The molecule has 1 aliphatic rings. The van der Waals surface area contributed by atoms with E-state index in [0.29, 0.717) is 19.3 Å². The Morgan fingerprint density at radius 1 is 1.03 bits per heavy atom. The fourth-order valence-corrected chi connectivity index (χ4v) is 3.81. The zero-order valence-corrected chi connectivity index (χ0v) is 18.4. The molecule has 0 spiro atoms. The van der Waals surface area contributed by atoms with Gasteiger partial charge in [-0.3, -0.25) is 14.4 Å². The van der Waals surface area contributed by atoms with E-state index in [1.807, 2.05) is 60.7 Å². The molecule has 172 valence electrons. The number of amides is 3. The maximum Gasteiger partial charge on any atom is 0.244 e. The number of hydrogen-bond donors (Lipinski definition) is 3. The van der Waals surface area contributed by atoms with Crippen LogP contribution in [0.25, 0.3) is 6.08 Å². The Kier molecular flexibility index (Phi) is 8.94. The van der Waals surface area contributed by atoms with Gasteiger partial charge in [0, 0.05) is 25.0 Å². The molecule has 1 heterocycles. The monoisotopic (exact) mass is 447 g/mol. The van der Waals surface area contributed by atoms with Crippen molar-refractivity contribution in [2.24, 2.45) is 5.92 Å². The van der Waals surface area contributed by atoms with Gasteiger partial charge in [0.15, 0.2) is 0 Å². The van der Waals surface area contributed by atoms with Crippen LogP contribution in [0, 0.1) is 5.92 Å². The smallest absolute Gasteiger partial charge is 0.244 e. The average molecular weight is 448 g/mol. The van der Waals surface area contributed by atoms with Gasteiger partial charge in [-0.1, -0.05) is 60.7 Å². The fraction of sp³-hybridized carbons (Fsp3) is 0.308. The molecule has 3 atom stereocenters. The summed E-state index contributed by atoms with van der Waals surface area (Å²) in [6.07, 6.45) is 5.73. The van der Waals surface area contributed by atoms with E-state index in [4.69, 9.17) is 0 Å². The number of aldehydes is 1. The van der Waals surface area contributed by atoms with Gasteiger partial charge in [-0.2, -0.15) is 0 Å². The Labute approximate surface area is 193 Å². The Bertz CT molecular complexity index is 976. The molecule has 1 saturated heterocycles. The molecule has 0 unspecified atom stereocenters. The summed E-state index contributed by atoms with van der Waals surface area (Å²) in [5.41, 5.74) is 1.74. The van der Waals surface area contributed by atoms with Gasteiger partial charge in [-0.15, -0.1) is 0 Å². The second-order valence-corrected chi connectivity index (χ2v) is 8.11. The number of carbonyl (C=O) groups excluding carboxylic acids is 4. The molecule has 33 heavy (non-hydrogen) atoms. The highest BCUT2D eigenvalue weighted by Gasteiger charge is 2.28. The molecule has 0 radical (unpaired) electrons. The van der Waals surface area contributed by atoms with Crippen LogP contribution in [0.1, 0.15) is 30.4 Å². The molecule has 1 fully saturated rings. The van der Waals surface area contributed by atoms with Crippen LogP contribution in [0.5, 0.6) is 0 Å². The molecule has 7 nitrogen and oxygen atoms in total. The van der Waals surface area contributed by atoms with E-state index in [-0.39, 0.29) is 24.7 Å². The van der Waals surface area contributed by atoms with Crippen LogP contribution in [0.2, 0.25) is 0 Å². The molecular formula is C26H29N3O4. The summed E-state index contributed by atoms with van der Waals surface area (Å²) in [5, 5.41) is 8.24. The van der Waals surface area contributed by atoms with Crippen LogP contribution in [0.4, 0.5) is 0 Å². The van der Waals surface area contributed by atoms with Crippen molar-refractivity contribution in [3.63, 3.8) is 0 Å². The van der Waals surface area contributed by atoms with Crippen molar-refractivity contribution in [1.82, 2.24) is 16.0 Å². The third-order valence-electron chi connectivity index (χ3n) is 5.57. The molecule has 0 bridgehead atoms. The molecule has 2 aromatic carbocycles. The highest BCUT2D eigenvalue weighted by atomic mass is 16.2. The van der Waals surface area contributed by atoms with E-state index in [9.17, 15) is 19.2 Å². The van der Waals surface area contributed by atoms with E-state index in [0.717, 1.165) is 17.5 Å². The number of nitrogens with one attached hydrogen (secondary N) is 3. The zero-order chi connectivity index (χ0) is 23.5. The van der Waals surface area contributed by atoms with Crippen molar-refractivity contribution in [3.05, 3.63) is 77.9 Å². The molecule has 0 aromatic heterocycles. The Hall–Kier alpha value is -3.74. The molecule has 7 heteroatoms.